The van der Waals surface area contributed by atoms with Crippen LogP contribution < -0.4 is 10.6 Å². The number of carbonyl (C=O) groups excluding carboxylic acids is 1. The normalized spacial score (nSPS) is 25.9. The monoisotopic (exact) mass is 302 g/mol. The molecule has 0 aromatic carbocycles. The summed E-state index contributed by atoms with van der Waals surface area (Å²) in [5, 5.41) is 32.7. The fourth-order valence-electron chi connectivity index (χ4n) is 1.86. The lowest BCUT2D eigenvalue weighted by Gasteiger charge is -2.09. The lowest BCUT2D eigenvalue weighted by Crippen LogP contribution is -2.34. The molecule has 112 valence electrons. The van der Waals surface area contributed by atoms with E-state index >= 15 is 0 Å². The highest BCUT2D eigenvalue weighted by Crippen LogP contribution is 2.35. The average molecular weight is 302 g/mol. The third-order valence-electron chi connectivity index (χ3n) is 2.76. The fourth-order valence-corrected chi connectivity index (χ4v) is 2.65. The summed E-state index contributed by atoms with van der Waals surface area (Å²) in [7, 11) is 0. The Bertz CT molecular complexity index is 467. The third-order valence-corrected chi connectivity index (χ3v) is 3.69. The number of aliphatic hydroxyl groups is 2. The zero-order chi connectivity index (χ0) is 14.7. The molecular weight excluding hydrogens is 284 g/mol. The predicted octanol–water partition coefficient (Wildman–Crippen LogP) is 0.251. The highest BCUT2D eigenvalue weighted by molar-refractivity contribution is 7.15. The van der Waals surface area contributed by atoms with Gasteiger partial charge in [0.1, 0.15) is 17.2 Å². The van der Waals surface area contributed by atoms with Crippen molar-refractivity contribution in [2.45, 2.75) is 44.6 Å². The summed E-state index contributed by atoms with van der Waals surface area (Å²) >= 11 is 1.19. The molecule has 1 aromatic heterocycles. The fraction of sp³-hybridized carbons (Fsp3) is 0.727. The number of amides is 2. The minimum atomic E-state index is -0.713. The first-order chi connectivity index (χ1) is 9.49. The summed E-state index contributed by atoms with van der Waals surface area (Å²) in [6.45, 7) is 3.47. The Hall–Kier alpha value is -1.29. The molecule has 0 aliphatic carbocycles. The van der Waals surface area contributed by atoms with Crippen LogP contribution in [0.5, 0.6) is 0 Å². The lowest BCUT2D eigenvalue weighted by atomic mass is 10.1. The summed E-state index contributed by atoms with van der Waals surface area (Å²) in [5.41, 5.74) is 0. The first-order valence-corrected chi connectivity index (χ1v) is 7.16. The van der Waals surface area contributed by atoms with Crippen LogP contribution in [0, 0.1) is 0 Å². The molecule has 8 nitrogen and oxygen atoms in total. The number of anilines is 1. The molecule has 4 N–H and O–H groups in total. The molecular formula is C11H18N4O4S. The number of nitrogens with zero attached hydrogens (tertiary/aromatic N) is 2. The molecule has 0 spiro atoms. The van der Waals surface area contributed by atoms with Crippen LogP contribution in [-0.4, -0.2) is 51.3 Å². The van der Waals surface area contributed by atoms with Crippen molar-refractivity contribution in [2.75, 3.05) is 11.9 Å². The molecule has 1 fully saturated rings. The Kier molecular flexibility index (Phi) is 4.86. The Morgan fingerprint density at radius 2 is 2.30 bits per heavy atom. The second kappa shape index (κ2) is 6.44. The summed E-state index contributed by atoms with van der Waals surface area (Å²) in [6, 6.07) is -0.315. The minimum absolute atomic E-state index is 0.0287. The number of urea groups is 1. The van der Waals surface area contributed by atoms with Crippen molar-refractivity contribution >= 4 is 22.5 Å². The van der Waals surface area contributed by atoms with Gasteiger partial charge < -0.3 is 20.3 Å². The molecule has 0 radical (unpaired) electrons. The Labute approximate surface area is 120 Å². The van der Waals surface area contributed by atoms with E-state index in [4.69, 9.17) is 9.84 Å². The largest absolute Gasteiger partial charge is 0.394 e. The van der Waals surface area contributed by atoms with E-state index in [1.54, 1.807) is 0 Å². The highest BCUT2D eigenvalue weighted by atomic mass is 32.1. The van der Waals surface area contributed by atoms with Crippen molar-refractivity contribution in [3.8, 4) is 0 Å². The van der Waals surface area contributed by atoms with E-state index in [1.165, 1.54) is 11.3 Å². The molecule has 0 saturated carbocycles. The first kappa shape index (κ1) is 15.1. The van der Waals surface area contributed by atoms with Crippen LogP contribution in [-0.2, 0) is 4.74 Å². The SMILES string of the molecule is CC(C)NC(=O)Nc1nnc([C@H]2C[C@H](O)[C@@H](CO)O2)s1. The van der Waals surface area contributed by atoms with E-state index < -0.39 is 18.3 Å². The topological polar surface area (TPSA) is 117 Å². The van der Waals surface area contributed by atoms with E-state index in [0.29, 0.717) is 16.6 Å². The number of carbonyl (C=O) groups is 1. The van der Waals surface area contributed by atoms with E-state index in [9.17, 15) is 9.90 Å². The van der Waals surface area contributed by atoms with Crippen molar-refractivity contribution in [3.05, 3.63) is 5.01 Å². The van der Waals surface area contributed by atoms with Crippen molar-refractivity contribution < 1.29 is 19.7 Å². The van der Waals surface area contributed by atoms with Gasteiger partial charge in [-0.25, -0.2) is 4.79 Å². The molecule has 1 saturated heterocycles. The van der Waals surface area contributed by atoms with Gasteiger partial charge in [0.05, 0.1) is 12.7 Å². The first-order valence-electron chi connectivity index (χ1n) is 6.35. The van der Waals surface area contributed by atoms with Crippen LogP contribution in [0.4, 0.5) is 9.93 Å². The summed E-state index contributed by atoms with van der Waals surface area (Å²) < 4.78 is 5.47. The molecule has 9 heteroatoms. The van der Waals surface area contributed by atoms with Crippen LogP contribution in [0.2, 0.25) is 0 Å². The number of ether oxygens (including phenoxy) is 1. The van der Waals surface area contributed by atoms with Gasteiger partial charge in [0, 0.05) is 12.5 Å². The zero-order valence-corrected chi connectivity index (χ0v) is 12.1. The summed E-state index contributed by atoms with van der Waals surface area (Å²) in [6.07, 6.45) is -1.35. The standard InChI is InChI=1S/C11H18N4O4S/c1-5(2)12-10(18)13-11-15-14-9(20-11)7-3-6(17)8(4-16)19-7/h5-8,16-17H,3-4H2,1-2H3,(H2,12,13,15,18)/t6-,7+,8+/m0/s1. The molecule has 2 heterocycles. The van der Waals surface area contributed by atoms with Crippen LogP contribution >= 0.6 is 11.3 Å². The van der Waals surface area contributed by atoms with Crippen molar-refractivity contribution in [1.82, 2.24) is 15.5 Å². The Balaban J connectivity index is 1.94. The number of aromatic nitrogens is 2. The maximum absolute atomic E-state index is 11.5. The second-order valence-electron chi connectivity index (χ2n) is 4.85. The van der Waals surface area contributed by atoms with Crippen molar-refractivity contribution in [1.29, 1.82) is 0 Å². The molecule has 0 unspecified atom stereocenters. The van der Waals surface area contributed by atoms with Gasteiger partial charge in [-0.05, 0) is 13.8 Å². The van der Waals surface area contributed by atoms with Gasteiger partial charge >= 0.3 is 6.03 Å². The Morgan fingerprint density at radius 3 is 2.90 bits per heavy atom. The molecule has 1 aromatic rings. The quantitative estimate of drug-likeness (QED) is 0.633. The number of nitrogens with one attached hydrogen (secondary N) is 2. The highest BCUT2D eigenvalue weighted by Gasteiger charge is 2.36. The van der Waals surface area contributed by atoms with E-state index in [0.717, 1.165) is 0 Å². The van der Waals surface area contributed by atoms with Gasteiger partial charge in [-0.3, -0.25) is 5.32 Å². The maximum atomic E-state index is 11.5. The van der Waals surface area contributed by atoms with Gasteiger partial charge in [0.25, 0.3) is 0 Å². The smallest absolute Gasteiger partial charge is 0.321 e. The lowest BCUT2D eigenvalue weighted by molar-refractivity contribution is -0.0227. The van der Waals surface area contributed by atoms with E-state index in [-0.39, 0.29) is 18.7 Å². The minimum Gasteiger partial charge on any atom is -0.394 e. The predicted molar refractivity (Wildman–Crippen MR) is 72.5 cm³/mol. The third kappa shape index (κ3) is 3.63. The number of aliphatic hydroxyl groups excluding tert-OH is 2. The summed E-state index contributed by atoms with van der Waals surface area (Å²) in [4.78, 5) is 11.5. The van der Waals surface area contributed by atoms with Gasteiger partial charge in [-0.2, -0.15) is 0 Å². The number of rotatable bonds is 4. The summed E-state index contributed by atoms with van der Waals surface area (Å²) in [5.74, 6) is 0. The second-order valence-corrected chi connectivity index (χ2v) is 5.86. The van der Waals surface area contributed by atoms with Crippen LogP contribution in [0.25, 0.3) is 0 Å². The molecule has 2 rings (SSSR count). The van der Waals surface area contributed by atoms with Crippen LogP contribution in [0.1, 0.15) is 31.4 Å². The van der Waals surface area contributed by atoms with E-state index in [1.807, 2.05) is 13.8 Å². The molecule has 20 heavy (non-hydrogen) atoms. The zero-order valence-electron chi connectivity index (χ0n) is 11.2. The molecule has 0 bridgehead atoms. The molecule has 1 aliphatic rings. The van der Waals surface area contributed by atoms with Crippen molar-refractivity contribution in [3.63, 3.8) is 0 Å². The van der Waals surface area contributed by atoms with Crippen LogP contribution in [0.15, 0.2) is 0 Å². The maximum Gasteiger partial charge on any atom is 0.321 e. The molecule has 1 aliphatic heterocycles. The average Bonchev–Trinajstić information content (AvgIpc) is 2.94. The van der Waals surface area contributed by atoms with Gasteiger partial charge in [0.2, 0.25) is 5.13 Å². The van der Waals surface area contributed by atoms with E-state index in [2.05, 4.69) is 20.8 Å². The molecule has 2 amide bonds. The van der Waals surface area contributed by atoms with Gasteiger partial charge in [-0.1, -0.05) is 11.3 Å². The van der Waals surface area contributed by atoms with Crippen molar-refractivity contribution in [2.24, 2.45) is 0 Å². The van der Waals surface area contributed by atoms with Gasteiger partial charge in [-0.15, -0.1) is 10.2 Å². The van der Waals surface area contributed by atoms with Crippen LogP contribution in [0.3, 0.4) is 0 Å². The number of hydrogen-bond donors (Lipinski definition) is 4. The van der Waals surface area contributed by atoms with Gasteiger partial charge in [0.15, 0.2) is 0 Å². The number of hydrogen-bond acceptors (Lipinski definition) is 7. The molecule has 3 atom stereocenters. The Morgan fingerprint density at radius 1 is 1.55 bits per heavy atom.